The molecule has 3 N–H and O–H groups in total. The minimum atomic E-state index is -0.561. The number of carbonyl (C=O) groups excluding carboxylic acids is 1. The Labute approximate surface area is 130 Å². The first-order chi connectivity index (χ1) is 10.1. The summed E-state index contributed by atoms with van der Waals surface area (Å²) in [6.45, 7) is 1.92. The van der Waals surface area contributed by atoms with Crippen molar-refractivity contribution in [1.82, 2.24) is 5.32 Å². The summed E-state index contributed by atoms with van der Waals surface area (Å²) in [5, 5.41) is 3.58. The van der Waals surface area contributed by atoms with Gasteiger partial charge in [0, 0.05) is 5.02 Å². The maximum atomic E-state index is 12.1. The molecule has 0 unspecified atom stereocenters. The van der Waals surface area contributed by atoms with E-state index in [0.717, 1.165) is 11.1 Å². The molecular formula is C17H19ClN2O. The molecule has 0 fully saturated rings. The highest BCUT2D eigenvalue weighted by atomic mass is 35.5. The summed E-state index contributed by atoms with van der Waals surface area (Å²) in [5.74, 6) is -0.161. The highest BCUT2D eigenvalue weighted by molar-refractivity contribution is 6.30. The lowest BCUT2D eigenvalue weighted by molar-refractivity contribution is -0.123. The van der Waals surface area contributed by atoms with Crippen molar-refractivity contribution in [3.05, 3.63) is 70.7 Å². The third-order valence-electron chi connectivity index (χ3n) is 3.34. The first kappa shape index (κ1) is 15.5. The fraction of sp³-hybridized carbons (Fsp3) is 0.235. The minimum Gasteiger partial charge on any atom is -0.348 e. The smallest absolute Gasteiger partial charge is 0.237 e. The quantitative estimate of drug-likeness (QED) is 0.892. The van der Waals surface area contributed by atoms with Gasteiger partial charge < -0.3 is 11.1 Å². The molecule has 2 aromatic rings. The number of nitrogens with one attached hydrogen (secondary N) is 1. The second kappa shape index (κ2) is 7.25. The Kier molecular flexibility index (Phi) is 5.37. The number of amides is 1. The summed E-state index contributed by atoms with van der Waals surface area (Å²) in [4.78, 5) is 12.1. The molecule has 3 nitrogen and oxygen atoms in total. The first-order valence-corrected chi connectivity index (χ1v) is 7.29. The van der Waals surface area contributed by atoms with Crippen molar-refractivity contribution < 1.29 is 4.79 Å². The van der Waals surface area contributed by atoms with Crippen LogP contribution in [-0.4, -0.2) is 11.9 Å². The van der Waals surface area contributed by atoms with Gasteiger partial charge in [-0.25, -0.2) is 0 Å². The summed E-state index contributed by atoms with van der Waals surface area (Å²) in [6, 6.07) is 16.5. The normalized spacial score (nSPS) is 13.5. The Morgan fingerprint density at radius 2 is 1.90 bits per heavy atom. The zero-order valence-corrected chi connectivity index (χ0v) is 12.7. The van der Waals surface area contributed by atoms with E-state index in [1.807, 2.05) is 55.5 Å². The average molecular weight is 303 g/mol. The van der Waals surface area contributed by atoms with Gasteiger partial charge in [-0.15, -0.1) is 0 Å². The van der Waals surface area contributed by atoms with E-state index >= 15 is 0 Å². The van der Waals surface area contributed by atoms with Crippen molar-refractivity contribution in [1.29, 1.82) is 0 Å². The lowest BCUT2D eigenvalue weighted by Crippen LogP contribution is -2.42. The Bertz CT molecular complexity index is 601. The topological polar surface area (TPSA) is 55.1 Å². The number of nitrogens with two attached hydrogens (primary N) is 1. The minimum absolute atomic E-state index is 0.127. The molecule has 2 rings (SSSR count). The van der Waals surface area contributed by atoms with Crippen LogP contribution in [0.3, 0.4) is 0 Å². The van der Waals surface area contributed by atoms with Gasteiger partial charge in [0.2, 0.25) is 5.91 Å². The van der Waals surface area contributed by atoms with Gasteiger partial charge in [-0.2, -0.15) is 0 Å². The van der Waals surface area contributed by atoms with Crippen LogP contribution in [0.4, 0.5) is 0 Å². The summed E-state index contributed by atoms with van der Waals surface area (Å²) in [7, 11) is 0. The van der Waals surface area contributed by atoms with E-state index < -0.39 is 6.04 Å². The molecule has 0 saturated carbocycles. The predicted octanol–water partition coefficient (Wildman–Crippen LogP) is 3.09. The van der Waals surface area contributed by atoms with Gasteiger partial charge in [-0.1, -0.05) is 54.1 Å². The van der Waals surface area contributed by atoms with E-state index in [1.165, 1.54) is 0 Å². The molecular weight excluding hydrogens is 284 g/mol. The van der Waals surface area contributed by atoms with Crippen LogP contribution in [-0.2, 0) is 11.2 Å². The summed E-state index contributed by atoms with van der Waals surface area (Å²) >= 11 is 5.96. The molecule has 2 aromatic carbocycles. The van der Waals surface area contributed by atoms with Crippen LogP contribution in [0.25, 0.3) is 0 Å². The van der Waals surface area contributed by atoms with Crippen LogP contribution in [0.5, 0.6) is 0 Å². The van der Waals surface area contributed by atoms with Gasteiger partial charge in [0.15, 0.2) is 0 Å². The van der Waals surface area contributed by atoms with Gasteiger partial charge in [0.05, 0.1) is 12.1 Å². The molecule has 0 heterocycles. The monoisotopic (exact) mass is 302 g/mol. The van der Waals surface area contributed by atoms with Crippen molar-refractivity contribution in [2.75, 3.05) is 0 Å². The summed E-state index contributed by atoms with van der Waals surface area (Å²) in [6.07, 6.45) is 0.523. The van der Waals surface area contributed by atoms with Crippen molar-refractivity contribution >= 4 is 17.5 Å². The Hall–Kier alpha value is -1.84. The highest BCUT2D eigenvalue weighted by Gasteiger charge is 2.17. The largest absolute Gasteiger partial charge is 0.348 e. The van der Waals surface area contributed by atoms with Crippen LogP contribution in [0.2, 0.25) is 5.02 Å². The molecule has 0 aliphatic rings. The van der Waals surface area contributed by atoms with E-state index in [2.05, 4.69) is 5.32 Å². The molecule has 0 radical (unpaired) electrons. The number of benzene rings is 2. The van der Waals surface area contributed by atoms with Gasteiger partial charge in [-0.05, 0) is 36.6 Å². The average Bonchev–Trinajstić information content (AvgIpc) is 2.48. The maximum absolute atomic E-state index is 12.1. The third-order valence-corrected chi connectivity index (χ3v) is 3.58. The lowest BCUT2D eigenvalue weighted by atomic mass is 10.0. The number of halogens is 1. The number of hydrogen-bond acceptors (Lipinski definition) is 2. The van der Waals surface area contributed by atoms with Gasteiger partial charge in [0.1, 0.15) is 0 Å². The zero-order chi connectivity index (χ0) is 15.2. The van der Waals surface area contributed by atoms with E-state index in [1.54, 1.807) is 6.07 Å². The van der Waals surface area contributed by atoms with Crippen LogP contribution < -0.4 is 11.1 Å². The summed E-state index contributed by atoms with van der Waals surface area (Å²) < 4.78 is 0. The molecule has 0 aliphatic heterocycles. The van der Waals surface area contributed by atoms with Gasteiger partial charge in [-0.3, -0.25) is 4.79 Å². The van der Waals surface area contributed by atoms with Crippen LogP contribution >= 0.6 is 11.6 Å². The number of rotatable bonds is 5. The van der Waals surface area contributed by atoms with Crippen LogP contribution in [0.15, 0.2) is 54.6 Å². The Morgan fingerprint density at radius 3 is 2.57 bits per heavy atom. The molecule has 0 aliphatic carbocycles. The van der Waals surface area contributed by atoms with Gasteiger partial charge in [0.25, 0.3) is 0 Å². The van der Waals surface area contributed by atoms with Crippen molar-refractivity contribution in [2.45, 2.75) is 25.4 Å². The molecule has 0 aromatic heterocycles. The second-order valence-corrected chi connectivity index (χ2v) is 5.52. The van der Waals surface area contributed by atoms with Crippen LogP contribution in [0.1, 0.15) is 24.1 Å². The van der Waals surface area contributed by atoms with Crippen LogP contribution in [0, 0.1) is 0 Å². The van der Waals surface area contributed by atoms with Crippen molar-refractivity contribution in [3.8, 4) is 0 Å². The van der Waals surface area contributed by atoms with E-state index in [-0.39, 0.29) is 11.9 Å². The third kappa shape index (κ3) is 4.59. The highest BCUT2D eigenvalue weighted by Crippen LogP contribution is 2.17. The maximum Gasteiger partial charge on any atom is 0.237 e. The molecule has 110 valence electrons. The zero-order valence-electron chi connectivity index (χ0n) is 11.9. The first-order valence-electron chi connectivity index (χ1n) is 6.91. The standard InChI is InChI=1S/C17H19ClN2O/c1-12(14-8-5-9-15(18)11-14)20-17(21)16(19)10-13-6-3-2-4-7-13/h2-9,11-12,16H,10,19H2,1H3,(H,20,21)/t12-,16+/m0/s1. The second-order valence-electron chi connectivity index (χ2n) is 5.08. The SMILES string of the molecule is C[C@H](NC(=O)[C@H](N)Cc1ccccc1)c1cccc(Cl)c1. The molecule has 0 spiro atoms. The number of hydrogen-bond donors (Lipinski definition) is 2. The van der Waals surface area contributed by atoms with Crippen molar-refractivity contribution in [3.63, 3.8) is 0 Å². The Balaban J connectivity index is 1.94. The molecule has 21 heavy (non-hydrogen) atoms. The molecule has 1 amide bonds. The predicted molar refractivity (Wildman–Crippen MR) is 86.1 cm³/mol. The van der Waals surface area contributed by atoms with Crippen molar-refractivity contribution in [2.24, 2.45) is 5.73 Å². The molecule has 4 heteroatoms. The summed E-state index contributed by atoms with van der Waals surface area (Å²) in [5.41, 5.74) is 7.98. The van der Waals surface area contributed by atoms with E-state index in [9.17, 15) is 4.79 Å². The molecule has 0 bridgehead atoms. The van der Waals surface area contributed by atoms with Gasteiger partial charge >= 0.3 is 0 Å². The fourth-order valence-electron chi connectivity index (χ4n) is 2.14. The molecule has 0 saturated heterocycles. The lowest BCUT2D eigenvalue weighted by Gasteiger charge is -2.18. The van der Waals surface area contributed by atoms with E-state index in [0.29, 0.717) is 11.4 Å². The van der Waals surface area contributed by atoms with E-state index in [4.69, 9.17) is 17.3 Å². The number of carbonyl (C=O) groups is 1. The molecule has 2 atom stereocenters. The Morgan fingerprint density at radius 1 is 1.19 bits per heavy atom. The fourth-order valence-corrected chi connectivity index (χ4v) is 2.34.